The van der Waals surface area contributed by atoms with Crippen molar-refractivity contribution in [1.82, 2.24) is 4.98 Å². The van der Waals surface area contributed by atoms with Crippen molar-refractivity contribution in [2.45, 2.75) is 19.4 Å². The van der Waals surface area contributed by atoms with Crippen molar-refractivity contribution in [3.8, 4) is 0 Å². The molecule has 15 heavy (non-hydrogen) atoms. The van der Waals surface area contributed by atoms with Crippen LogP contribution in [0.15, 0.2) is 16.7 Å². The standard InChI is InChI=1S/C10H15BrClN3/c1-10(2,6-13)15(3)9-8(11)4-7(12)5-14-9/h4-5H,6,13H2,1-3H3. The minimum atomic E-state index is -0.136. The van der Waals surface area contributed by atoms with E-state index in [0.29, 0.717) is 11.6 Å². The van der Waals surface area contributed by atoms with Crippen molar-refractivity contribution in [3.05, 3.63) is 21.8 Å². The van der Waals surface area contributed by atoms with E-state index in [4.69, 9.17) is 17.3 Å². The molecule has 1 rings (SSSR count). The van der Waals surface area contributed by atoms with E-state index >= 15 is 0 Å². The van der Waals surface area contributed by atoms with Crippen molar-refractivity contribution in [3.63, 3.8) is 0 Å². The van der Waals surface area contributed by atoms with E-state index in [2.05, 4.69) is 34.8 Å². The van der Waals surface area contributed by atoms with Crippen molar-refractivity contribution >= 4 is 33.3 Å². The molecule has 84 valence electrons. The molecule has 0 fully saturated rings. The average molecular weight is 293 g/mol. The smallest absolute Gasteiger partial charge is 0.143 e. The van der Waals surface area contributed by atoms with Crippen LogP contribution in [-0.2, 0) is 0 Å². The summed E-state index contributed by atoms with van der Waals surface area (Å²) in [6.45, 7) is 4.69. The van der Waals surface area contributed by atoms with Crippen molar-refractivity contribution < 1.29 is 0 Å². The molecule has 0 aliphatic rings. The number of pyridine rings is 1. The van der Waals surface area contributed by atoms with Gasteiger partial charge in [0.15, 0.2) is 0 Å². The Balaban J connectivity index is 3.06. The number of aromatic nitrogens is 1. The number of likely N-dealkylation sites (N-methyl/N-ethyl adjacent to an activating group) is 1. The number of anilines is 1. The lowest BCUT2D eigenvalue weighted by atomic mass is 10.0. The Labute approximate surface area is 104 Å². The molecule has 5 heteroatoms. The number of hydrogen-bond acceptors (Lipinski definition) is 3. The summed E-state index contributed by atoms with van der Waals surface area (Å²) in [4.78, 5) is 6.32. The largest absolute Gasteiger partial charge is 0.352 e. The second-order valence-electron chi connectivity index (χ2n) is 4.03. The zero-order valence-electron chi connectivity index (χ0n) is 9.09. The van der Waals surface area contributed by atoms with Crippen LogP contribution in [0.25, 0.3) is 0 Å². The summed E-state index contributed by atoms with van der Waals surface area (Å²) >= 11 is 9.27. The van der Waals surface area contributed by atoms with E-state index in [1.807, 2.05) is 18.0 Å². The molecular weight excluding hydrogens is 277 g/mol. The van der Waals surface area contributed by atoms with Crippen molar-refractivity contribution in [2.75, 3.05) is 18.5 Å². The number of nitrogens with zero attached hydrogens (tertiary/aromatic N) is 2. The van der Waals surface area contributed by atoms with Gasteiger partial charge in [-0.25, -0.2) is 4.98 Å². The van der Waals surface area contributed by atoms with E-state index in [9.17, 15) is 0 Å². The molecule has 2 N–H and O–H groups in total. The Morgan fingerprint density at radius 2 is 2.20 bits per heavy atom. The van der Waals surface area contributed by atoms with Crippen LogP contribution in [0.2, 0.25) is 5.02 Å². The predicted molar refractivity (Wildman–Crippen MR) is 68.5 cm³/mol. The minimum absolute atomic E-state index is 0.136. The van der Waals surface area contributed by atoms with Crippen LogP contribution in [0.4, 0.5) is 5.82 Å². The molecule has 1 heterocycles. The third-order valence-corrected chi connectivity index (χ3v) is 3.30. The van der Waals surface area contributed by atoms with Gasteiger partial charge >= 0.3 is 0 Å². The van der Waals surface area contributed by atoms with Crippen molar-refractivity contribution in [2.24, 2.45) is 5.73 Å². The molecular formula is C10H15BrClN3. The van der Waals surface area contributed by atoms with Crippen LogP contribution in [0.3, 0.4) is 0 Å². The van der Waals surface area contributed by atoms with Gasteiger partial charge < -0.3 is 10.6 Å². The minimum Gasteiger partial charge on any atom is -0.352 e. The summed E-state index contributed by atoms with van der Waals surface area (Å²) in [6, 6.07) is 1.83. The van der Waals surface area contributed by atoms with Gasteiger partial charge in [-0.3, -0.25) is 0 Å². The van der Waals surface area contributed by atoms with Gasteiger partial charge in [0.05, 0.1) is 9.50 Å². The molecule has 0 saturated heterocycles. The van der Waals surface area contributed by atoms with Gasteiger partial charge in [-0.15, -0.1) is 0 Å². The quantitative estimate of drug-likeness (QED) is 0.931. The Morgan fingerprint density at radius 1 is 1.60 bits per heavy atom. The number of halogens is 2. The van der Waals surface area contributed by atoms with E-state index in [0.717, 1.165) is 10.3 Å². The maximum Gasteiger partial charge on any atom is 0.143 e. The first-order chi connectivity index (χ1) is 6.88. The Bertz CT molecular complexity index is 355. The Morgan fingerprint density at radius 3 is 2.67 bits per heavy atom. The normalized spacial score (nSPS) is 11.6. The second-order valence-corrected chi connectivity index (χ2v) is 5.33. The first-order valence-electron chi connectivity index (χ1n) is 4.63. The van der Waals surface area contributed by atoms with Gasteiger partial charge in [0.25, 0.3) is 0 Å². The summed E-state index contributed by atoms with van der Waals surface area (Å²) in [5.74, 6) is 0.842. The van der Waals surface area contributed by atoms with Gasteiger partial charge in [-0.1, -0.05) is 11.6 Å². The van der Waals surface area contributed by atoms with Crippen LogP contribution in [0.1, 0.15) is 13.8 Å². The highest BCUT2D eigenvalue weighted by atomic mass is 79.9. The molecule has 1 aromatic rings. The van der Waals surface area contributed by atoms with Crippen LogP contribution in [-0.4, -0.2) is 24.1 Å². The SMILES string of the molecule is CN(c1ncc(Cl)cc1Br)C(C)(C)CN. The summed E-state index contributed by atoms with van der Waals surface area (Å²) in [5.41, 5.74) is 5.58. The molecule has 0 spiro atoms. The molecule has 0 aliphatic carbocycles. The lowest BCUT2D eigenvalue weighted by Gasteiger charge is -2.36. The fourth-order valence-corrected chi connectivity index (χ4v) is 1.98. The summed E-state index contributed by atoms with van der Waals surface area (Å²) in [5, 5.41) is 0.615. The molecule has 1 aromatic heterocycles. The molecule has 3 nitrogen and oxygen atoms in total. The fourth-order valence-electron chi connectivity index (χ4n) is 1.08. The monoisotopic (exact) mass is 291 g/mol. The third-order valence-electron chi connectivity index (χ3n) is 2.51. The van der Waals surface area contributed by atoms with Gasteiger partial charge in [-0.2, -0.15) is 0 Å². The van der Waals surface area contributed by atoms with Crippen LogP contribution in [0.5, 0.6) is 0 Å². The first-order valence-corrected chi connectivity index (χ1v) is 5.80. The molecule has 0 saturated carbocycles. The van der Waals surface area contributed by atoms with Gasteiger partial charge in [0, 0.05) is 25.3 Å². The predicted octanol–water partition coefficient (Wildman–Crippen LogP) is 2.67. The topological polar surface area (TPSA) is 42.2 Å². The van der Waals surface area contributed by atoms with E-state index in [1.165, 1.54) is 0 Å². The van der Waals surface area contributed by atoms with Crippen LogP contribution in [0, 0.1) is 0 Å². The van der Waals surface area contributed by atoms with E-state index in [1.54, 1.807) is 6.20 Å². The Hall–Kier alpha value is -0.320. The Kier molecular flexibility index (Phi) is 3.98. The number of rotatable bonds is 3. The average Bonchev–Trinajstić information content (AvgIpc) is 2.17. The van der Waals surface area contributed by atoms with Crippen molar-refractivity contribution in [1.29, 1.82) is 0 Å². The first kappa shape index (κ1) is 12.7. The zero-order chi connectivity index (χ0) is 11.6. The lowest BCUT2D eigenvalue weighted by molar-refractivity contribution is 0.494. The third kappa shape index (κ3) is 2.83. The molecule has 0 atom stereocenters. The van der Waals surface area contributed by atoms with Gasteiger partial charge in [0.2, 0.25) is 0 Å². The van der Waals surface area contributed by atoms with E-state index in [-0.39, 0.29) is 5.54 Å². The highest BCUT2D eigenvalue weighted by molar-refractivity contribution is 9.10. The molecule has 0 amide bonds. The maximum absolute atomic E-state index is 5.83. The molecule has 0 aromatic carbocycles. The number of nitrogens with two attached hydrogens (primary N) is 1. The molecule has 0 unspecified atom stereocenters. The van der Waals surface area contributed by atoms with Gasteiger partial charge in [-0.05, 0) is 35.8 Å². The van der Waals surface area contributed by atoms with E-state index < -0.39 is 0 Å². The second kappa shape index (κ2) is 4.68. The number of hydrogen-bond donors (Lipinski definition) is 1. The van der Waals surface area contributed by atoms with Crippen LogP contribution >= 0.6 is 27.5 Å². The fraction of sp³-hybridized carbons (Fsp3) is 0.500. The lowest BCUT2D eigenvalue weighted by Crippen LogP contribution is -2.47. The maximum atomic E-state index is 5.83. The molecule has 0 radical (unpaired) electrons. The van der Waals surface area contributed by atoms with Gasteiger partial charge in [0.1, 0.15) is 5.82 Å². The highest BCUT2D eigenvalue weighted by Crippen LogP contribution is 2.29. The molecule has 0 aliphatic heterocycles. The zero-order valence-corrected chi connectivity index (χ0v) is 11.4. The highest BCUT2D eigenvalue weighted by Gasteiger charge is 2.24. The summed E-state index contributed by atoms with van der Waals surface area (Å²) in [7, 11) is 1.97. The van der Waals surface area contributed by atoms with Crippen LogP contribution < -0.4 is 10.6 Å². The summed E-state index contributed by atoms with van der Waals surface area (Å²) in [6.07, 6.45) is 1.63. The summed E-state index contributed by atoms with van der Waals surface area (Å²) < 4.78 is 0.874. The molecule has 0 bridgehead atoms.